The van der Waals surface area contributed by atoms with Crippen LogP contribution in [0.3, 0.4) is 0 Å². The molecule has 15 heavy (non-hydrogen) atoms. The number of aryl methyl sites for hydroxylation is 1. The molecule has 3 heteroatoms. The number of carbonyl (C=O) groups is 1. The molecule has 0 saturated carbocycles. The predicted molar refractivity (Wildman–Crippen MR) is 59.8 cm³/mol. The van der Waals surface area contributed by atoms with Crippen LogP contribution in [0.2, 0.25) is 0 Å². The molecule has 0 bridgehead atoms. The van der Waals surface area contributed by atoms with Crippen molar-refractivity contribution in [2.45, 2.75) is 25.7 Å². The first-order chi connectivity index (χ1) is 7.16. The molecular formula is C12H17NO2. The van der Waals surface area contributed by atoms with Crippen LogP contribution in [-0.4, -0.2) is 17.6 Å². The topological polar surface area (TPSA) is 63.3 Å². The first kappa shape index (κ1) is 11.7. The molecule has 0 fully saturated rings. The standard InChI is InChI=1S/C12H17NO2/c1-9-5-2-3-6-10(9)11(12(14)15)7-4-8-13/h2-3,5-6,11H,4,7-8,13H2,1H3,(H,14,15). The molecule has 0 aliphatic rings. The van der Waals surface area contributed by atoms with Crippen LogP contribution in [0.25, 0.3) is 0 Å². The summed E-state index contributed by atoms with van der Waals surface area (Å²) in [4.78, 5) is 11.1. The lowest BCUT2D eigenvalue weighted by molar-refractivity contribution is -0.139. The fourth-order valence-electron chi connectivity index (χ4n) is 1.71. The van der Waals surface area contributed by atoms with Crippen LogP contribution in [0.1, 0.15) is 29.9 Å². The molecule has 0 aliphatic carbocycles. The molecular weight excluding hydrogens is 190 g/mol. The molecule has 3 nitrogen and oxygen atoms in total. The van der Waals surface area contributed by atoms with Crippen molar-refractivity contribution < 1.29 is 9.90 Å². The van der Waals surface area contributed by atoms with E-state index in [1.165, 1.54) is 0 Å². The zero-order valence-electron chi connectivity index (χ0n) is 8.94. The van der Waals surface area contributed by atoms with E-state index in [1.54, 1.807) is 0 Å². The zero-order valence-corrected chi connectivity index (χ0v) is 8.94. The second-order valence-electron chi connectivity index (χ2n) is 3.68. The van der Waals surface area contributed by atoms with Crippen LogP contribution >= 0.6 is 0 Å². The first-order valence-corrected chi connectivity index (χ1v) is 5.15. The number of carboxylic acid groups (broad SMARTS) is 1. The lowest BCUT2D eigenvalue weighted by Crippen LogP contribution is -2.14. The van der Waals surface area contributed by atoms with Gasteiger partial charge < -0.3 is 10.8 Å². The number of carboxylic acids is 1. The third-order valence-electron chi connectivity index (χ3n) is 2.56. The Labute approximate surface area is 89.9 Å². The Morgan fingerprint density at radius 1 is 1.47 bits per heavy atom. The summed E-state index contributed by atoms with van der Waals surface area (Å²) in [5.74, 6) is -1.19. The van der Waals surface area contributed by atoms with Gasteiger partial charge in [-0.3, -0.25) is 4.79 Å². The van der Waals surface area contributed by atoms with Crippen LogP contribution in [0.5, 0.6) is 0 Å². The van der Waals surface area contributed by atoms with E-state index in [0.29, 0.717) is 13.0 Å². The molecule has 1 aromatic rings. The van der Waals surface area contributed by atoms with Gasteiger partial charge in [0.15, 0.2) is 0 Å². The Morgan fingerprint density at radius 3 is 2.67 bits per heavy atom. The van der Waals surface area contributed by atoms with E-state index in [-0.39, 0.29) is 0 Å². The molecule has 0 saturated heterocycles. The molecule has 0 aliphatic heterocycles. The number of hydrogen-bond acceptors (Lipinski definition) is 2. The molecule has 0 aromatic heterocycles. The maximum atomic E-state index is 11.1. The highest BCUT2D eigenvalue weighted by atomic mass is 16.4. The molecule has 1 rings (SSSR count). The Morgan fingerprint density at radius 2 is 2.13 bits per heavy atom. The van der Waals surface area contributed by atoms with Gasteiger partial charge in [-0.05, 0) is 37.4 Å². The smallest absolute Gasteiger partial charge is 0.310 e. The van der Waals surface area contributed by atoms with Gasteiger partial charge in [0, 0.05) is 0 Å². The van der Waals surface area contributed by atoms with Crippen molar-refractivity contribution in [2.75, 3.05) is 6.54 Å². The highest BCUT2D eigenvalue weighted by molar-refractivity contribution is 5.76. The lowest BCUT2D eigenvalue weighted by atomic mass is 9.91. The SMILES string of the molecule is Cc1ccccc1C(CCCN)C(=O)O. The van der Waals surface area contributed by atoms with Gasteiger partial charge in [-0.15, -0.1) is 0 Å². The van der Waals surface area contributed by atoms with Gasteiger partial charge in [0.25, 0.3) is 0 Å². The van der Waals surface area contributed by atoms with Crippen LogP contribution in [0.4, 0.5) is 0 Å². The van der Waals surface area contributed by atoms with Gasteiger partial charge in [-0.25, -0.2) is 0 Å². The molecule has 1 aromatic carbocycles. The van der Waals surface area contributed by atoms with Crippen molar-refractivity contribution in [3.05, 3.63) is 35.4 Å². The third kappa shape index (κ3) is 3.06. The zero-order chi connectivity index (χ0) is 11.3. The van der Waals surface area contributed by atoms with Gasteiger partial charge in [0.1, 0.15) is 0 Å². The third-order valence-corrected chi connectivity index (χ3v) is 2.56. The predicted octanol–water partition coefficient (Wildman–Crippen LogP) is 1.90. The van der Waals surface area contributed by atoms with Crippen LogP contribution in [0.15, 0.2) is 24.3 Å². The first-order valence-electron chi connectivity index (χ1n) is 5.15. The van der Waals surface area contributed by atoms with Gasteiger partial charge in [-0.1, -0.05) is 24.3 Å². The van der Waals surface area contributed by atoms with Crippen molar-refractivity contribution in [3.8, 4) is 0 Å². The van der Waals surface area contributed by atoms with E-state index in [2.05, 4.69) is 0 Å². The van der Waals surface area contributed by atoms with E-state index in [0.717, 1.165) is 17.5 Å². The Kier molecular flexibility index (Phi) is 4.31. The van der Waals surface area contributed by atoms with Gasteiger partial charge in [0.05, 0.1) is 5.92 Å². The fraction of sp³-hybridized carbons (Fsp3) is 0.417. The highest BCUT2D eigenvalue weighted by Crippen LogP contribution is 2.24. The second kappa shape index (κ2) is 5.51. The maximum absolute atomic E-state index is 11.1. The summed E-state index contributed by atoms with van der Waals surface area (Å²) in [5.41, 5.74) is 7.33. The largest absolute Gasteiger partial charge is 0.481 e. The highest BCUT2D eigenvalue weighted by Gasteiger charge is 2.20. The molecule has 0 amide bonds. The Balaban J connectivity index is 2.89. The van der Waals surface area contributed by atoms with Crippen molar-refractivity contribution in [2.24, 2.45) is 5.73 Å². The number of rotatable bonds is 5. The number of benzene rings is 1. The Bertz CT molecular complexity index is 336. The van der Waals surface area contributed by atoms with Crippen LogP contribution in [-0.2, 0) is 4.79 Å². The summed E-state index contributed by atoms with van der Waals surface area (Å²) < 4.78 is 0. The normalized spacial score (nSPS) is 12.4. The summed E-state index contributed by atoms with van der Waals surface area (Å²) in [6, 6.07) is 7.61. The molecule has 1 unspecified atom stereocenters. The van der Waals surface area contributed by atoms with Crippen LogP contribution in [0, 0.1) is 6.92 Å². The monoisotopic (exact) mass is 207 g/mol. The minimum absolute atomic E-state index is 0.422. The lowest BCUT2D eigenvalue weighted by Gasteiger charge is -2.14. The minimum Gasteiger partial charge on any atom is -0.481 e. The summed E-state index contributed by atoms with van der Waals surface area (Å²) in [7, 11) is 0. The number of hydrogen-bond donors (Lipinski definition) is 2. The number of nitrogens with two attached hydrogens (primary N) is 1. The molecule has 82 valence electrons. The number of aliphatic carboxylic acids is 1. The Hall–Kier alpha value is -1.35. The van der Waals surface area contributed by atoms with E-state index in [1.807, 2.05) is 31.2 Å². The van der Waals surface area contributed by atoms with Crippen LogP contribution < -0.4 is 5.73 Å². The molecule has 3 N–H and O–H groups in total. The summed E-state index contributed by atoms with van der Waals surface area (Å²) in [6.07, 6.45) is 1.35. The van der Waals surface area contributed by atoms with Crippen molar-refractivity contribution in [1.82, 2.24) is 0 Å². The van der Waals surface area contributed by atoms with Gasteiger partial charge in [-0.2, -0.15) is 0 Å². The summed E-state index contributed by atoms with van der Waals surface area (Å²) in [6.45, 7) is 2.48. The average Bonchev–Trinajstić information content (AvgIpc) is 2.20. The minimum atomic E-state index is -0.766. The summed E-state index contributed by atoms with van der Waals surface area (Å²) in [5, 5.41) is 9.14. The van der Waals surface area contributed by atoms with Crippen molar-refractivity contribution in [1.29, 1.82) is 0 Å². The van der Waals surface area contributed by atoms with E-state index >= 15 is 0 Å². The van der Waals surface area contributed by atoms with Crippen molar-refractivity contribution in [3.63, 3.8) is 0 Å². The molecule has 1 atom stereocenters. The molecule has 0 radical (unpaired) electrons. The van der Waals surface area contributed by atoms with E-state index in [4.69, 9.17) is 10.8 Å². The average molecular weight is 207 g/mol. The quantitative estimate of drug-likeness (QED) is 0.775. The van der Waals surface area contributed by atoms with Crippen molar-refractivity contribution >= 4 is 5.97 Å². The molecule has 0 heterocycles. The second-order valence-corrected chi connectivity index (χ2v) is 3.68. The van der Waals surface area contributed by atoms with E-state index in [9.17, 15) is 4.79 Å². The summed E-state index contributed by atoms with van der Waals surface area (Å²) >= 11 is 0. The maximum Gasteiger partial charge on any atom is 0.310 e. The van der Waals surface area contributed by atoms with Gasteiger partial charge >= 0.3 is 5.97 Å². The molecule has 0 spiro atoms. The fourth-order valence-corrected chi connectivity index (χ4v) is 1.71. The van der Waals surface area contributed by atoms with Gasteiger partial charge in [0.2, 0.25) is 0 Å². The van der Waals surface area contributed by atoms with E-state index < -0.39 is 11.9 Å².